The Balaban J connectivity index is 2.72. The number of nitrogen functional groups attached to an aromatic ring is 1. The Kier molecular flexibility index (Phi) is 2.46. The smallest absolute Gasteiger partial charge is 0.162 e. The van der Waals surface area contributed by atoms with Crippen molar-refractivity contribution in [3.8, 4) is 6.07 Å². The van der Waals surface area contributed by atoms with Crippen LogP contribution in [0.2, 0.25) is 0 Å². The zero-order valence-corrected chi connectivity index (χ0v) is 8.80. The van der Waals surface area contributed by atoms with Crippen LogP contribution in [0.1, 0.15) is 11.4 Å². The topological polar surface area (TPSA) is 101 Å². The number of aliphatic hydroxyl groups excluding tert-OH is 1. The number of imidazole rings is 1. The van der Waals surface area contributed by atoms with Crippen molar-refractivity contribution in [3.05, 3.63) is 17.5 Å². The van der Waals surface area contributed by atoms with Gasteiger partial charge in [0.15, 0.2) is 5.65 Å². The fourth-order valence-electron chi connectivity index (χ4n) is 1.63. The molecule has 0 fully saturated rings. The minimum Gasteiger partial charge on any atom is -0.395 e. The van der Waals surface area contributed by atoms with Gasteiger partial charge in [-0.1, -0.05) is 0 Å². The highest BCUT2D eigenvalue weighted by atomic mass is 16.3. The van der Waals surface area contributed by atoms with Crippen LogP contribution in [0, 0.1) is 18.3 Å². The van der Waals surface area contributed by atoms with E-state index in [9.17, 15) is 0 Å². The predicted octanol–water partition coefficient (Wildman–Crippen LogP) is 0.186. The van der Waals surface area contributed by atoms with Gasteiger partial charge >= 0.3 is 0 Å². The number of nitrogens with two attached hydrogens (primary N) is 1. The second kappa shape index (κ2) is 3.79. The van der Waals surface area contributed by atoms with Crippen LogP contribution in [0.15, 0.2) is 6.07 Å². The summed E-state index contributed by atoms with van der Waals surface area (Å²) >= 11 is 0. The summed E-state index contributed by atoms with van der Waals surface area (Å²) < 4.78 is 1.77. The Morgan fingerprint density at radius 2 is 2.31 bits per heavy atom. The first-order valence-corrected chi connectivity index (χ1v) is 4.81. The summed E-state index contributed by atoms with van der Waals surface area (Å²) in [6.07, 6.45) is 0. The zero-order valence-electron chi connectivity index (χ0n) is 8.80. The first-order chi connectivity index (χ1) is 7.67. The average Bonchev–Trinajstić information content (AvgIpc) is 2.55. The van der Waals surface area contributed by atoms with E-state index in [0.29, 0.717) is 23.3 Å². The zero-order chi connectivity index (χ0) is 11.7. The number of fused-ring (bicyclic) bond motifs is 1. The highest BCUT2D eigenvalue weighted by molar-refractivity contribution is 5.76. The summed E-state index contributed by atoms with van der Waals surface area (Å²) in [5, 5.41) is 17.7. The van der Waals surface area contributed by atoms with Crippen molar-refractivity contribution in [1.29, 1.82) is 5.26 Å². The summed E-state index contributed by atoms with van der Waals surface area (Å²) in [7, 11) is 0. The number of nitrogens with zero attached hydrogens (tertiary/aromatic N) is 4. The Morgan fingerprint density at radius 1 is 1.56 bits per heavy atom. The molecule has 0 saturated heterocycles. The largest absolute Gasteiger partial charge is 0.395 e. The van der Waals surface area contributed by atoms with Crippen molar-refractivity contribution < 1.29 is 5.11 Å². The number of rotatable bonds is 2. The molecule has 0 radical (unpaired) electrons. The minimum absolute atomic E-state index is 0.00782. The molecule has 82 valence electrons. The van der Waals surface area contributed by atoms with E-state index in [1.807, 2.05) is 13.0 Å². The van der Waals surface area contributed by atoms with Crippen molar-refractivity contribution in [1.82, 2.24) is 14.5 Å². The van der Waals surface area contributed by atoms with Gasteiger partial charge in [-0.05, 0) is 13.0 Å². The van der Waals surface area contributed by atoms with Gasteiger partial charge in [-0.3, -0.25) is 0 Å². The molecule has 0 aliphatic rings. The van der Waals surface area contributed by atoms with Crippen molar-refractivity contribution in [3.63, 3.8) is 0 Å². The van der Waals surface area contributed by atoms with Crippen molar-refractivity contribution in [2.24, 2.45) is 0 Å². The summed E-state index contributed by atoms with van der Waals surface area (Å²) in [5.41, 5.74) is 7.18. The molecule has 2 heterocycles. The third-order valence-electron chi connectivity index (χ3n) is 2.39. The molecular weight excluding hydrogens is 206 g/mol. The number of hydrogen-bond donors (Lipinski definition) is 2. The lowest BCUT2D eigenvalue weighted by Crippen LogP contribution is -2.06. The molecule has 0 saturated carbocycles. The fraction of sp³-hybridized carbons (Fsp3) is 0.300. The standard InChI is InChI=1S/C10H11N5O/c1-6-13-8-4-7(5-11)9(12)14-10(8)15(6)2-3-16/h4,16H,2-3H2,1H3,(H2,12,14). The molecule has 0 aliphatic carbocycles. The van der Waals surface area contributed by atoms with Crippen LogP contribution in [-0.2, 0) is 6.54 Å². The summed E-state index contributed by atoms with van der Waals surface area (Å²) in [6, 6.07) is 3.57. The Labute approximate surface area is 92.0 Å². The second-order valence-electron chi connectivity index (χ2n) is 3.41. The number of nitriles is 1. The Bertz CT molecular complexity index is 581. The van der Waals surface area contributed by atoms with Gasteiger partial charge in [0.25, 0.3) is 0 Å². The Hall–Kier alpha value is -2.13. The predicted molar refractivity (Wildman–Crippen MR) is 58.5 cm³/mol. The first-order valence-electron chi connectivity index (χ1n) is 4.81. The van der Waals surface area contributed by atoms with Gasteiger partial charge in [0.2, 0.25) is 0 Å². The third-order valence-corrected chi connectivity index (χ3v) is 2.39. The molecule has 16 heavy (non-hydrogen) atoms. The fourth-order valence-corrected chi connectivity index (χ4v) is 1.63. The number of aliphatic hydroxyl groups is 1. The van der Waals surface area contributed by atoms with Crippen LogP contribution in [0.5, 0.6) is 0 Å². The summed E-state index contributed by atoms with van der Waals surface area (Å²) in [5.74, 6) is 0.931. The maximum atomic E-state index is 8.93. The van der Waals surface area contributed by atoms with Crippen LogP contribution in [0.25, 0.3) is 11.2 Å². The van der Waals surface area contributed by atoms with E-state index in [1.54, 1.807) is 10.6 Å². The van der Waals surface area contributed by atoms with Gasteiger partial charge < -0.3 is 15.4 Å². The minimum atomic E-state index is 0.00782. The molecule has 0 aliphatic heterocycles. The van der Waals surface area contributed by atoms with Gasteiger partial charge in [0, 0.05) is 6.54 Å². The molecular formula is C10H11N5O. The highest BCUT2D eigenvalue weighted by Crippen LogP contribution is 2.18. The van der Waals surface area contributed by atoms with Crippen molar-refractivity contribution >= 4 is 17.0 Å². The molecule has 6 heteroatoms. The molecule has 2 aromatic heterocycles. The van der Waals surface area contributed by atoms with Crippen LogP contribution >= 0.6 is 0 Å². The monoisotopic (exact) mass is 217 g/mol. The number of aromatic nitrogens is 3. The second-order valence-corrected chi connectivity index (χ2v) is 3.41. The third kappa shape index (κ3) is 1.47. The molecule has 6 nitrogen and oxygen atoms in total. The van der Waals surface area contributed by atoms with Gasteiger partial charge in [-0.2, -0.15) is 5.26 Å². The molecule has 0 spiro atoms. The molecule has 0 bridgehead atoms. The lowest BCUT2D eigenvalue weighted by atomic mass is 10.2. The van der Waals surface area contributed by atoms with Gasteiger partial charge in [-0.25, -0.2) is 9.97 Å². The molecule has 0 atom stereocenters. The van der Waals surface area contributed by atoms with E-state index in [1.165, 1.54) is 0 Å². The van der Waals surface area contributed by atoms with E-state index < -0.39 is 0 Å². The summed E-state index contributed by atoms with van der Waals surface area (Å²) in [4.78, 5) is 8.39. The summed E-state index contributed by atoms with van der Waals surface area (Å²) in [6.45, 7) is 2.24. The van der Waals surface area contributed by atoms with Gasteiger partial charge in [-0.15, -0.1) is 0 Å². The van der Waals surface area contributed by atoms with Crippen LogP contribution in [0.4, 0.5) is 5.82 Å². The van der Waals surface area contributed by atoms with Gasteiger partial charge in [0.1, 0.15) is 23.2 Å². The lowest BCUT2D eigenvalue weighted by Gasteiger charge is -2.03. The number of aryl methyl sites for hydroxylation is 1. The van der Waals surface area contributed by atoms with Crippen molar-refractivity contribution in [2.75, 3.05) is 12.3 Å². The van der Waals surface area contributed by atoms with E-state index in [0.717, 1.165) is 5.82 Å². The first kappa shape index (κ1) is 10.4. The van der Waals surface area contributed by atoms with Crippen LogP contribution in [0.3, 0.4) is 0 Å². The highest BCUT2D eigenvalue weighted by Gasteiger charge is 2.11. The molecule has 0 unspecified atom stereocenters. The molecule has 0 amide bonds. The van der Waals surface area contributed by atoms with Crippen molar-refractivity contribution in [2.45, 2.75) is 13.5 Å². The maximum absolute atomic E-state index is 8.93. The molecule has 2 aromatic rings. The number of anilines is 1. The molecule has 3 N–H and O–H groups in total. The lowest BCUT2D eigenvalue weighted by molar-refractivity contribution is 0.276. The normalized spacial score (nSPS) is 10.6. The van der Waals surface area contributed by atoms with E-state index in [4.69, 9.17) is 16.1 Å². The molecule has 0 aromatic carbocycles. The van der Waals surface area contributed by atoms with E-state index in [-0.39, 0.29) is 12.4 Å². The van der Waals surface area contributed by atoms with Crippen LogP contribution < -0.4 is 5.73 Å². The van der Waals surface area contributed by atoms with E-state index in [2.05, 4.69) is 9.97 Å². The van der Waals surface area contributed by atoms with Crippen LogP contribution in [-0.4, -0.2) is 26.2 Å². The average molecular weight is 217 g/mol. The number of pyridine rings is 1. The van der Waals surface area contributed by atoms with Gasteiger partial charge in [0.05, 0.1) is 12.2 Å². The maximum Gasteiger partial charge on any atom is 0.162 e. The SMILES string of the molecule is Cc1nc2cc(C#N)c(N)nc2n1CCO. The quantitative estimate of drug-likeness (QED) is 0.747. The van der Waals surface area contributed by atoms with E-state index >= 15 is 0 Å². The Morgan fingerprint density at radius 3 is 2.94 bits per heavy atom. The molecule has 2 rings (SSSR count). The number of hydrogen-bond acceptors (Lipinski definition) is 5.